The second-order valence-electron chi connectivity index (χ2n) is 13.0. The molecular weight excluding hydrogens is 580 g/mol. The van der Waals surface area contributed by atoms with Crippen LogP contribution in [0.2, 0.25) is 0 Å². The maximum absolute atomic E-state index is 12.8. The van der Waals surface area contributed by atoms with Gasteiger partial charge in [0.05, 0.1) is 30.9 Å². The van der Waals surface area contributed by atoms with Gasteiger partial charge in [0.15, 0.2) is 18.4 Å². The van der Waals surface area contributed by atoms with E-state index in [1.165, 1.54) is 0 Å². The van der Waals surface area contributed by atoms with Gasteiger partial charge in [0.1, 0.15) is 36.6 Å². The van der Waals surface area contributed by atoms with Crippen molar-refractivity contribution in [2.45, 2.75) is 131 Å². The lowest BCUT2D eigenvalue weighted by Crippen LogP contribution is -2.66. The monoisotopic (exact) mass is 634 g/mol. The van der Waals surface area contributed by atoms with Crippen LogP contribution in [0.15, 0.2) is 0 Å². The van der Waals surface area contributed by atoms with Gasteiger partial charge in [0.2, 0.25) is 0 Å². The van der Waals surface area contributed by atoms with E-state index < -0.39 is 91.7 Å². The molecule has 2 heterocycles. The molecule has 4 aliphatic rings. The third kappa shape index (κ3) is 8.70. The van der Waals surface area contributed by atoms with Crippen LogP contribution in [0.5, 0.6) is 0 Å². The molecule has 0 aromatic rings. The van der Waals surface area contributed by atoms with Crippen LogP contribution in [0.25, 0.3) is 0 Å². The highest BCUT2D eigenvalue weighted by Crippen LogP contribution is 2.36. The smallest absolute Gasteiger partial charge is 0.186 e. The van der Waals surface area contributed by atoms with Crippen LogP contribution >= 0.6 is 0 Å². The summed E-state index contributed by atoms with van der Waals surface area (Å²) in [6.07, 6.45) is -8.12. The predicted molar refractivity (Wildman–Crippen MR) is 156 cm³/mol. The molecule has 16 N–H and O–H groups in total. The number of Topliss-reactive ketones (excluding diaryl/α,β-unsaturated/α-hetero) is 1. The van der Waals surface area contributed by atoms with Gasteiger partial charge in [-0.25, -0.2) is 0 Å². The van der Waals surface area contributed by atoms with Crippen molar-refractivity contribution in [1.29, 1.82) is 0 Å². The molecule has 2 aliphatic heterocycles. The highest BCUT2D eigenvalue weighted by Gasteiger charge is 2.51. The first kappa shape index (κ1) is 35.9. The molecule has 0 spiro atoms. The predicted octanol–water partition coefficient (Wildman–Crippen LogP) is -4.94. The molecule has 1 unspecified atom stereocenters. The Hall–Kier alpha value is -0.930. The standard InChI is InChI=1S/C28H54N6O10/c29-4-3-18(36)19(37)8-13-7-17(32)26(24(40)25(13)43-28-23(39)21(33)22(38)20(11-35)42-28)44-27-16(31)2-1-15(41-27)10-34-9-12-5-14(30)6-12/h12-18,20-28,34-36,38-40H,1-11,29-33H2/t12?,13-,14?,15-,16+,17-,18-,20+,21-,22+,23+,24+,25-,26?,27+,28+/m0/s1. The molecule has 0 aromatic heterocycles. The van der Waals surface area contributed by atoms with Gasteiger partial charge in [0.25, 0.3) is 0 Å². The molecule has 2 saturated carbocycles. The normalized spacial score (nSPS) is 45.5. The quantitative estimate of drug-likeness (QED) is 0.0853. The van der Waals surface area contributed by atoms with Gasteiger partial charge >= 0.3 is 0 Å². The Kier molecular flexibility index (Phi) is 13.3. The van der Waals surface area contributed by atoms with E-state index in [2.05, 4.69) is 5.32 Å². The number of ether oxygens (including phenoxy) is 4. The lowest BCUT2D eigenvalue weighted by molar-refractivity contribution is -0.318. The van der Waals surface area contributed by atoms with Gasteiger partial charge < -0.3 is 78.5 Å². The molecule has 0 bridgehead atoms. The van der Waals surface area contributed by atoms with Crippen LogP contribution in [-0.2, 0) is 23.7 Å². The fourth-order valence-electron chi connectivity index (χ4n) is 6.72. The van der Waals surface area contributed by atoms with Gasteiger partial charge in [-0.05, 0) is 63.5 Å². The first-order valence-electron chi connectivity index (χ1n) is 15.8. The SMILES string of the molecule is NCC[C@H](O)C(=O)C[C@@H]1C[C@H](N)C(O[C@H]2O[C@H](CNCC3CC(N)C3)CC[C@H]2N)[C@H](O)[C@H]1O[C@H]1O[C@H](CO)[C@@H](O)[C@H](N)[C@H]1O. The summed E-state index contributed by atoms with van der Waals surface area (Å²) in [6, 6.07) is -2.18. The molecule has 4 fully saturated rings. The van der Waals surface area contributed by atoms with E-state index in [1.807, 2.05) is 0 Å². The summed E-state index contributed by atoms with van der Waals surface area (Å²) in [6.45, 7) is 0.962. The summed E-state index contributed by atoms with van der Waals surface area (Å²) in [5.74, 6) is -0.664. The molecule has 0 amide bonds. The molecular formula is C28H54N6O10. The van der Waals surface area contributed by atoms with Crippen LogP contribution in [0.1, 0.15) is 44.9 Å². The van der Waals surface area contributed by atoms with Crippen molar-refractivity contribution < 1.29 is 49.3 Å². The van der Waals surface area contributed by atoms with E-state index in [1.54, 1.807) is 0 Å². The van der Waals surface area contributed by atoms with Crippen molar-refractivity contribution in [2.75, 3.05) is 26.2 Å². The summed E-state index contributed by atoms with van der Waals surface area (Å²) in [4.78, 5) is 12.8. The van der Waals surface area contributed by atoms with Crippen molar-refractivity contribution >= 4 is 5.78 Å². The molecule has 2 aliphatic carbocycles. The molecule has 0 aromatic carbocycles. The second kappa shape index (κ2) is 16.3. The van der Waals surface area contributed by atoms with E-state index >= 15 is 0 Å². The maximum Gasteiger partial charge on any atom is 0.186 e. The average molecular weight is 635 g/mol. The number of hydrogen-bond donors (Lipinski definition) is 11. The number of aliphatic hydroxyl groups is 5. The van der Waals surface area contributed by atoms with E-state index in [4.69, 9.17) is 47.6 Å². The maximum atomic E-state index is 12.8. The summed E-state index contributed by atoms with van der Waals surface area (Å²) in [5.41, 5.74) is 30.2. The topological polar surface area (TPSA) is 297 Å². The summed E-state index contributed by atoms with van der Waals surface area (Å²) in [5, 5.41) is 55.9. The van der Waals surface area contributed by atoms with Crippen molar-refractivity contribution in [3.8, 4) is 0 Å². The van der Waals surface area contributed by atoms with Gasteiger partial charge in [-0.2, -0.15) is 0 Å². The molecule has 44 heavy (non-hydrogen) atoms. The Morgan fingerprint density at radius 1 is 0.886 bits per heavy atom. The van der Waals surface area contributed by atoms with E-state index in [-0.39, 0.29) is 38.0 Å². The lowest BCUT2D eigenvalue weighted by Gasteiger charge is -2.48. The van der Waals surface area contributed by atoms with Gasteiger partial charge in [-0.3, -0.25) is 4.79 Å². The van der Waals surface area contributed by atoms with Gasteiger partial charge in [-0.15, -0.1) is 0 Å². The Labute approximate surface area is 257 Å². The zero-order valence-corrected chi connectivity index (χ0v) is 25.2. The van der Waals surface area contributed by atoms with Crippen LogP contribution in [0.3, 0.4) is 0 Å². The van der Waals surface area contributed by atoms with Crippen LogP contribution in [0.4, 0.5) is 0 Å². The first-order valence-corrected chi connectivity index (χ1v) is 15.8. The average Bonchev–Trinajstić information content (AvgIpc) is 2.97. The summed E-state index contributed by atoms with van der Waals surface area (Å²) < 4.78 is 24.1. The molecule has 0 radical (unpaired) electrons. The number of carbonyl (C=O) groups excluding carboxylic acids is 1. The van der Waals surface area contributed by atoms with Crippen molar-refractivity contribution in [1.82, 2.24) is 5.32 Å². The van der Waals surface area contributed by atoms with Crippen LogP contribution < -0.4 is 34.0 Å². The molecule has 16 nitrogen and oxygen atoms in total. The minimum Gasteiger partial charge on any atom is -0.394 e. The van der Waals surface area contributed by atoms with Crippen molar-refractivity contribution in [2.24, 2.45) is 40.5 Å². The number of rotatable bonds is 14. The molecule has 256 valence electrons. The number of ketones is 1. The minimum atomic E-state index is -1.52. The second-order valence-corrected chi connectivity index (χ2v) is 13.0. The number of nitrogens with two attached hydrogens (primary N) is 5. The Balaban J connectivity index is 1.45. The fourth-order valence-corrected chi connectivity index (χ4v) is 6.72. The van der Waals surface area contributed by atoms with Crippen LogP contribution in [-0.4, -0.2) is 143 Å². The van der Waals surface area contributed by atoms with Gasteiger partial charge in [0, 0.05) is 25.0 Å². The molecule has 16 heteroatoms. The Morgan fingerprint density at radius 3 is 2.25 bits per heavy atom. The minimum absolute atomic E-state index is 0.0634. The first-order chi connectivity index (χ1) is 20.9. The lowest BCUT2D eigenvalue weighted by atomic mass is 9.76. The zero-order valence-electron chi connectivity index (χ0n) is 25.2. The number of hydrogen-bond acceptors (Lipinski definition) is 16. The largest absolute Gasteiger partial charge is 0.394 e. The molecule has 14 atom stereocenters. The van der Waals surface area contributed by atoms with Crippen molar-refractivity contribution in [3.63, 3.8) is 0 Å². The van der Waals surface area contributed by atoms with Crippen molar-refractivity contribution in [3.05, 3.63) is 0 Å². The Morgan fingerprint density at radius 2 is 1.59 bits per heavy atom. The molecule has 2 saturated heterocycles. The zero-order chi connectivity index (χ0) is 32.1. The third-order valence-corrected chi connectivity index (χ3v) is 9.51. The van der Waals surface area contributed by atoms with E-state index in [0.717, 1.165) is 25.8 Å². The summed E-state index contributed by atoms with van der Waals surface area (Å²) in [7, 11) is 0. The highest BCUT2D eigenvalue weighted by molar-refractivity contribution is 5.83. The Bertz CT molecular complexity index is 903. The van der Waals surface area contributed by atoms with Gasteiger partial charge in [-0.1, -0.05) is 0 Å². The van der Waals surface area contributed by atoms with E-state index in [9.17, 15) is 30.3 Å². The van der Waals surface area contributed by atoms with E-state index in [0.29, 0.717) is 18.9 Å². The molecule has 4 rings (SSSR count). The van der Waals surface area contributed by atoms with Crippen LogP contribution in [0, 0.1) is 11.8 Å². The number of carbonyl (C=O) groups is 1. The number of nitrogens with one attached hydrogen (secondary N) is 1. The third-order valence-electron chi connectivity index (χ3n) is 9.51. The highest BCUT2D eigenvalue weighted by atomic mass is 16.7. The fraction of sp³-hybridized carbons (Fsp3) is 0.964. The number of aliphatic hydroxyl groups excluding tert-OH is 5. The summed E-state index contributed by atoms with van der Waals surface area (Å²) >= 11 is 0.